The molecule has 3 aromatic rings. The molecule has 1 fully saturated rings. The minimum absolute atomic E-state index is 0.0119. The van der Waals surface area contributed by atoms with Crippen LogP contribution in [0.5, 0.6) is 5.75 Å². The van der Waals surface area contributed by atoms with Crippen molar-refractivity contribution in [1.29, 1.82) is 5.26 Å². The van der Waals surface area contributed by atoms with Gasteiger partial charge in [-0.2, -0.15) is 18.4 Å². The lowest BCUT2D eigenvalue weighted by atomic mass is 10.0. The molecule has 1 aliphatic rings. The van der Waals surface area contributed by atoms with Crippen molar-refractivity contribution >= 4 is 23.3 Å². The highest BCUT2D eigenvalue weighted by Crippen LogP contribution is 2.38. The Hall–Kier alpha value is -4.63. The number of nitriles is 1. The molecule has 1 amide bonds. The van der Waals surface area contributed by atoms with Crippen LogP contribution in [0.2, 0.25) is 0 Å². The van der Waals surface area contributed by atoms with Gasteiger partial charge in [-0.3, -0.25) is 9.69 Å². The maximum absolute atomic E-state index is 13.5. The zero-order valence-electron chi connectivity index (χ0n) is 26.5. The fourth-order valence-electron chi connectivity index (χ4n) is 4.94. The van der Waals surface area contributed by atoms with Gasteiger partial charge in [0.25, 0.3) is 5.91 Å². The molecule has 244 valence electrons. The Morgan fingerprint density at radius 2 is 1.59 bits per heavy atom. The summed E-state index contributed by atoms with van der Waals surface area (Å²) in [6, 6.07) is 17.4. The van der Waals surface area contributed by atoms with Crippen LogP contribution in [-0.4, -0.2) is 54.5 Å². The van der Waals surface area contributed by atoms with Gasteiger partial charge in [0, 0.05) is 12.3 Å². The van der Waals surface area contributed by atoms with Crippen LogP contribution in [0.3, 0.4) is 0 Å². The smallest absolute Gasteiger partial charge is 0.419 e. The third-order valence-electron chi connectivity index (χ3n) is 7.28. The molecule has 4 rings (SSSR count). The maximum Gasteiger partial charge on any atom is 0.419 e. The standard InChI is InChI=1S/C34H37F3N4O5/c1-32(2,3)46-30(42)21-44-16-6-7-17-45-27-14-10-24(11-15-27)23-8-12-25(13-9-23)41-22-40(31(43)33(41,4)5)26-18-28(34(35,36)37)29(19-38)39-20-26/h8-15,18,20H,6-7,16-17,21-22H2,1-5H3. The molecule has 1 saturated heterocycles. The summed E-state index contributed by atoms with van der Waals surface area (Å²) in [6.07, 6.45) is -2.17. The van der Waals surface area contributed by atoms with Crippen LogP contribution in [0.15, 0.2) is 60.8 Å². The van der Waals surface area contributed by atoms with Crippen molar-refractivity contribution in [3.05, 3.63) is 72.1 Å². The van der Waals surface area contributed by atoms with Crippen molar-refractivity contribution in [2.24, 2.45) is 0 Å². The summed E-state index contributed by atoms with van der Waals surface area (Å²) in [4.78, 5) is 31.7. The number of anilines is 2. The Morgan fingerprint density at radius 3 is 2.17 bits per heavy atom. The fraction of sp³-hybridized carbons (Fsp3) is 0.412. The number of carbonyl (C=O) groups excluding carboxylic acids is 2. The summed E-state index contributed by atoms with van der Waals surface area (Å²) in [5.41, 5.74) is -0.924. The molecule has 1 aliphatic heterocycles. The van der Waals surface area contributed by atoms with E-state index in [1.807, 2.05) is 74.2 Å². The number of esters is 1. The summed E-state index contributed by atoms with van der Waals surface area (Å²) in [7, 11) is 0. The number of aromatic nitrogens is 1. The van der Waals surface area contributed by atoms with Crippen molar-refractivity contribution in [2.45, 2.75) is 64.8 Å². The highest BCUT2D eigenvalue weighted by Gasteiger charge is 2.47. The number of alkyl halides is 3. The molecule has 1 aromatic heterocycles. The number of hydrogen-bond donors (Lipinski definition) is 0. The first-order valence-electron chi connectivity index (χ1n) is 14.8. The summed E-state index contributed by atoms with van der Waals surface area (Å²) >= 11 is 0. The van der Waals surface area contributed by atoms with Crippen molar-refractivity contribution in [1.82, 2.24) is 4.98 Å². The number of rotatable bonds is 11. The van der Waals surface area contributed by atoms with Gasteiger partial charge in [-0.1, -0.05) is 24.3 Å². The molecule has 0 atom stereocenters. The predicted molar refractivity (Wildman–Crippen MR) is 166 cm³/mol. The number of pyridine rings is 1. The molecule has 0 bridgehead atoms. The van der Waals surface area contributed by atoms with Gasteiger partial charge >= 0.3 is 12.1 Å². The number of ether oxygens (including phenoxy) is 3. The van der Waals surface area contributed by atoms with Gasteiger partial charge in [0.05, 0.1) is 30.7 Å². The molecule has 0 spiro atoms. The highest BCUT2D eigenvalue weighted by molar-refractivity contribution is 6.05. The fourth-order valence-corrected chi connectivity index (χ4v) is 4.94. The SMILES string of the molecule is CC(C)(C)OC(=O)COCCCCOc1ccc(-c2ccc(N3CN(c4cnc(C#N)c(C(F)(F)F)c4)C(=O)C3(C)C)cc2)cc1. The van der Waals surface area contributed by atoms with Gasteiger partial charge in [-0.05, 0) is 88.9 Å². The zero-order chi connectivity index (χ0) is 33.7. The summed E-state index contributed by atoms with van der Waals surface area (Å²) < 4.78 is 57.0. The lowest BCUT2D eigenvalue weighted by molar-refractivity contribution is -0.160. The lowest BCUT2D eigenvalue weighted by Gasteiger charge is -2.30. The van der Waals surface area contributed by atoms with Crippen LogP contribution >= 0.6 is 0 Å². The minimum Gasteiger partial charge on any atom is -0.494 e. The number of halogens is 3. The van der Waals surface area contributed by atoms with Gasteiger partial charge in [-0.25, -0.2) is 9.78 Å². The van der Waals surface area contributed by atoms with Gasteiger partial charge in [0.15, 0.2) is 5.69 Å². The molecular formula is C34H37F3N4O5. The molecule has 2 aromatic carbocycles. The Balaban J connectivity index is 1.32. The minimum atomic E-state index is -4.78. The largest absolute Gasteiger partial charge is 0.494 e. The van der Waals surface area contributed by atoms with Gasteiger partial charge in [0.1, 0.15) is 29.6 Å². The number of unbranched alkanes of at least 4 members (excludes halogenated alkanes) is 1. The average molecular weight is 639 g/mol. The zero-order valence-corrected chi connectivity index (χ0v) is 26.5. The van der Waals surface area contributed by atoms with Crippen molar-refractivity contribution in [2.75, 3.05) is 36.3 Å². The molecule has 0 unspecified atom stereocenters. The van der Waals surface area contributed by atoms with E-state index in [0.29, 0.717) is 13.2 Å². The van der Waals surface area contributed by atoms with E-state index < -0.39 is 28.6 Å². The van der Waals surface area contributed by atoms with Gasteiger partial charge < -0.3 is 19.1 Å². The Bertz CT molecular complexity index is 1580. The van der Waals surface area contributed by atoms with Crippen LogP contribution < -0.4 is 14.5 Å². The molecule has 0 aliphatic carbocycles. The number of hydrogen-bond acceptors (Lipinski definition) is 8. The Labute approximate surface area is 266 Å². The number of carbonyl (C=O) groups is 2. The number of nitrogens with zero attached hydrogens (tertiary/aromatic N) is 4. The monoisotopic (exact) mass is 638 g/mol. The van der Waals surface area contributed by atoms with Crippen molar-refractivity contribution in [3.63, 3.8) is 0 Å². The second kappa shape index (κ2) is 13.8. The van der Waals surface area contributed by atoms with Crippen LogP contribution in [0.4, 0.5) is 24.5 Å². The van der Waals surface area contributed by atoms with Crippen LogP contribution in [-0.2, 0) is 25.2 Å². The number of benzene rings is 2. The molecule has 0 radical (unpaired) electrons. The van der Waals surface area contributed by atoms with E-state index in [2.05, 4.69) is 4.98 Å². The van der Waals surface area contributed by atoms with Crippen molar-refractivity contribution in [3.8, 4) is 22.9 Å². The lowest BCUT2D eigenvalue weighted by Crippen LogP contribution is -2.43. The summed E-state index contributed by atoms with van der Waals surface area (Å²) in [5, 5.41) is 9.06. The van der Waals surface area contributed by atoms with E-state index in [4.69, 9.17) is 19.5 Å². The topological polar surface area (TPSA) is 105 Å². The van der Waals surface area contributed by atoms with E-state index >= 15 is 0 Å². The molecule has 46 heavy (non-hydrogen) atoms. The second-order valence-corrected chi connectivity index (χ2v) is 12.3. The van der Waals surface area contributed by atoms with E-state index in [1.54, 1.807) is 13.8 Å². The molecule has 12 heteroatoms. The Kier molecular flexibility index (Phi) is 10.3. The average Bonchev–Trinajstić information content (AvgIpc) is 3.23. The third kappa shape index (κ3) is 8.34. The van der Waals surface area contributed by atoms with Gasteiger partial charge in [-0.15, -0.1) is 0 Å². The van der Waals surface area contributed by atoms with E-state index in [1.165, 1.54) is 11.0 Å². The van der Waals surface area contributed by atoms with Crippen LogP contribution in [0.25, 0.3) is 11.1 Å². The quantitative estimate of drug-likeness (QED) is 0.168. The third-order valence-corrected chi connectivity index (χ3v) is 7.28. The maximum atomic E-state index is 13.5. The van der Waals surface area contributed by atoms with E-state index in [9.17, 15) is 22.8 Å². The van der Waals surface area contributed by atoms with E-state index in [-0.39, 0.29) is 30.8 Å². The molecule has 2 heterocycles. The Morgan fingerprint density at radius 1 is 0.978 bits per heavy atom. The predicted octanol–water partition coefficient (Wildman–Crippen LogP) is 6.75. The highest BCUT2D eigenvalue weighted by atomic mass is 19.4. The van der Waals surface area contributed by atoms with Crippen LogP contribution in [0.1, 0.15) is 58.7 Å². The number of amides is 1. The summed E-state index contributed by atoms with van der Waals surface area (Å²) in [5.74, 6) is -0.0536. The second-order valence-electron chi connectivity index (χ2n) is 12.3. The molecule has 0 N–H and O–H groups in total. The van der Waals surface area contributed by atoms with Gasteiger partial charge in [0.2, 0.25) is 0 Å². The molecular weight excluding hydrogens is 601 g/mol. The first-order valence-corrected chi connectivity index (χ1v) is 14.8. The van der Waals surface area contributed by atoms with Crippen molar-refractivity contribution < 1.29 is 37.0 Å². The summed E-state index contributed by atoms with van der Waals surface area (Å²) in [6.45, 7) is 9.71. The first-order chi connectivity index (χ1) is 21.6. The van der Waals surface area contributed by atoms with E-state index in [0.717, 1.165) is 47.7 Å². The molecule has 0 saturated carbocycles. The first kappa shape index (κ1) is 34.2. The van der Waals surface area contributed by atoms with Crippen LogP contribution in [0, 0.1) is 11.3 Å². The normalized spacial score (nSPS) is 14.7. The molecule has 9 nitrogen and oxygen atoms in total.